The second-order valence-electron chi connectivity index (χ2n) is 14.5. The van der Waals surface area contributed by atoms with E-state index < -0.39 is 0 Å². The van der Waals surface area contributed by atoms with E-state index in [1.807, 2.05) is 6.92 Å². The van der Waals surface area contributed by atoms with Crippen molar-refractivity contribution in [3.05, 3.63) is 104 Å². The van der Waals surface area contributed by atoms with Crippen molar-refractivity contribution in [2.75, 3.05) is 0 Å². The maximum atomic E-state index is 5.90. The normalized spacial score (nSPS) is 13.5. The van der Waals surface area contributed by atoms with Crippen molar-refractivity contribution in [1.82, 2.24) is 0 Å². The van der Waals surface area contributed by atoms with Gasteiger partial charge in [0.1, 0.15) is 8.98 Å². The maximum Gasteiger partial charge on any atom is 2.00 e. The van der Waals surface area contributed by atoms with Gasteiger partial charge in [0.2, 0.25) is 0 Å². The Balaban J connectivity index is -0.0000000276. The Kier molecular flexibility index (Phi) is 195. The Morgan fingerprint density at radius 1 is 0.465 bits per heavy atom. The van der Waals surface area contributed by atoms with Crippen LogP contribution in [0.1, 0.15) is 213 Å². The first kappa shape index (κ1) is 126. The molecule has 14 heteroatoms. The molecule has 6 fully saturated rings. The van der Waals surface area contributed by atoms with Gasteiger partial charge < -0.3 is 96.4 Å². The molecular formula is C57H96Cl6Fe3Li5-. The Bertz CT molecular complexity index is 1030. The first-order valence-corrected chi connectivity index (χ1v) is 24.0. The first-order chi connectivity index (χ1) is 27.2. The molecule has 0 atom stereocenters. The van der Waals surface area contributed by atoms with Gasteiger partial charge in [0, 0.05) is 6.42 Å². The van der Waals surface area contributed by atoms with Gasteiger partial charge in [-0.05, 0) is 43.4 Å². The van der Waals surface area contributed by atoms with Crippen LogP contribution in [-0.4, -0.2) is 0 Å². The summed E-state index contributed by atoms with van der Waals surface area (Å²) >= 11 is 31.8. The van der Waals surface area contributed by atoms with Gasteiger partial charge >= 0.3 is 146 Å². The van der Waals surface area contributed by atoms with E-state index in [-0.39, 0.29) is 217 Å². The molecule has 0 radical (unpaired) electrons. The number of hydrogen-bond donors (Lipinski definition) is 0. The van der Waals surface area contributed by atoms with E-state index >= 15 is 0 Å². The summed E-state index contributed by atoms with van der Waals surface area (Å²) < 4.78 is -0.351. The van der Waals surface area contributed by atoms with Crippen molar-refractivity contribution >= 4 is 69.6 Å². The molecule has 71 heavy (non-hydrogen) atoms. The summed E-state index contributed by atoms with van der Waals surface area (Å²) in [4.78, 5) is 0. The summed E-state index contributed by atoms with van der Waals surface area (Å²) in [7, 11) is 0. The zero-order valence-electron chi connectivity index (χ0n) is 48.6. The molecule has 0 nitrogen and oxygen atoms in total. The molecule has 0 unspecified atom stereocenters. The third kappa shape index (κ3) is 107. The van der Waals surface area contributed by atoms with Crippen LogP contribution in [0, 0.1) is 132 Å². The molecule has 6 aliphatic carbocycles. The van der Waals surface area contributed by atoms with E-state index in [0.717, 1.165) is 24.7 Å². The Hall–Kier alpha value is 4.01. The minimum Gasteiger partial charge on any atom is -0.500 e. The molecule has 0 aromatic carbocycles. The standard InChI is InChI=1S/C11H14.C7H14.2C5H10.2C5H9.C4Cl6.C4H9.C4.7CH3.3Fe.5Li/c1-2-3-4-5-8-11-9-6-7-10-11;1-2-7-5-3-4-6-7;4*1-2-4-5-3-1;5-1(3(7)8)2(6)4(9)10;2*1-3-4-2;;;;;;;;;;;;;;;/h11H,6-10H2,1H3;7H,2-6H2,1H3;2*1-5H2;2*1H,2-5H2;;1,3-4H2,2H3;;7*1H3;;;;;;;;/q;;;;2*-1;;-1;-2;7*-1;3*+2;5*+1. The van der Waals surface area contributed by atoms with Crippen LogP contribution < -0.4 is 94.3 Å². The molecule has 396 valence electrons. The molecule has 0 amide bonds. The zero-order chi connectivity index (χ0) is 42.3. The number of unbranched alkanes of at least 4 members (excludes halogenated alkanes) is 1. The van der Waals surface area contributed by atoms with Gasteiger partial charge in [0.15, 0.2) is 0 Å². The average Bonchev–Trinajstić information content (AvgIpc) is 4.09. The van der Waals surface area contributed by atoms with Crippen LogP contribution in [0.2, 0.25) is 0 Å². The molecule has 0 saturated heterocycles. The Labute approximate surface area is 572 Å². The molecule has 0 heterocycles. The number of allylic oxidation sites excluding steroid dienone is 2. The molecule has 6 rings (SSSR count). The smallest absolute Gasteiger partial charge is 0.500 e. The second kappa shape index (κ2) is 110. The average molecular weight is 1200 g/mol. The van der Waals surface area contributed by atoms with Gasteiger partial charge in [-0.3, -0.25) is 0 Å². The van der Waals surface area contributed by atoms with Gasteiger partial charge in [-0.15, -0.1) is 0 Å². The predicted octanol–water partition coefficient (Wildman–Crippen LogP) is 7.32. The number of halogens is 6. The van der Waals surface area contributed by atoms with Gasteiger partial charge in [-0.1, -0.05) is 237 Å². The van der Waals surface area contributed by atoms with Gasteiger partial charge in [-0.2, -0.15) is 32.1 Å². The van der Waals surface area contributed by atoms with E-state index in [4.69, 9.17) is 82.5 Å². The Morgan fingerprint density at radius 3 is 0.873 bits per heavy atom. The van der Waals surface area contributed by atoms with Crippen LogP contribution in [0.15, 0.2) is 19.0 Å². The Morgan fingerprint density at radius 2 is 0.718 bits per heavy atom. The van der Waals surface area contributed by atoms with Crippen LogP contribution in [0.4, 0.5) is 0 Å². The van der Waals surface area contributed by atoms with E-state index in [1.165, 1.54) is 180 Å². The van der Waals surface area contributed by atoms with Crippen LogP contribution in [-0.2, 0) is 51.2 Å². The van der Waals surface area contributed by atoms with Gasteiger partial charge in [0.05, 0.1) is 10.1 Å². The van der Waals surface area contributed by atoms with E-state index in [2.05, 4.69) is 57.3 Å². The molecule has 0 aromatic rings. The molecule has 6 saturated carbocycles. The molecule has 0 spiro atoms. The van der Waals surface area contributed by atoms with Crippen molar-refractivity contribution in [2.24, 2.45) is 11.8 Å². The fourth-order valence-electron chi connectivity index (χ4n) is 6.31. The largest absolute Gasteiger partial charge is 2.00 e. The molecule has 0 N–H and O–H groups in total. The van der Waals surface area contributed by atoms with Gasteiger partial charge in [-0.25, -0.2) is 0 Å². The molecule has 0 aromatic heterocycles. The van der Waals surface area contributed by atoms with Crippen LogP contribution in [0.3, 0.4) is 0 Å². The SMILES string of the molecule is C1CCCC1.C1CCCC1.CC#CC#CCC1CCCC1.CCC1CCCC1.ClC(Cl)=C(Cl)C(Cl)=C(Cl)Cl.[C-]#CC#[C-].[CH-]1CCCC1.[CH-]1CCCC1.[CH2-]CCC.[CH3-].[CH3-].[CH3-].[CH3-].[CH3-].[CH3-].[CH3-].[Fe+2].[Fe+2].[Fe+2].[Li+].[Li+].[Li+].[Li+].[Li+]. The number of rotatable bonds is 4. The minimum absolute atomic E-state index is 0. The third-order valence-electron chi connectivity index (χ3n) is 9.77. The monoisotopic (exact) mass is 1190 g/mol. The van der Waals surface area contributed by atoms with E-state index in [9.17, 15) is 0 Å². The van der Waals surface area contributed by atoms with Gasteiger partial charge in [0.25, 0.3) is 0 Å². The third-order valence-corrected chi connectivity index (χ3v) is 11.8. The van der Waals surface area contributed by atoms with Crippen LogP contribution in [0.25, 0.3) is 0 Å². The van der Waals surface area contributed by atoms with Crippen molar-refractivity contribution < 1.29 is 146 Å². The fraction of sp³-hybridized carbons (Fsp3) is 0.614. The summed E-state index contributed by atoms with van der Waals surface area (Å²) in [5.41, 5.74) is 0. The summed E-state index contributed by atoms with van der Waals surface area (Å²) in [5.74, 6) is 16.7. The minimum atomic E-state index is -0.175. The molecular weight excluding hydrogens is 1100 g/mol. The summed E-state index contributed by atoms with van der Waals surface area (Å²) in [6.07, 6.45) is 59.2. The predicted molar refractivity (Wildman–Crippen MR) is 300 cm³/mol. The summed E-state index contributed by atoms with van der Waals surface area (Å²) in [6.45, 7) is 9.85. The maximum absolute atomic E-state index is 5.90. The van der Waals surface area contributed by atoms with E-state index in [0.29, 0.717) is 0 Å². The van der Waals surface area contributed by atoms with Crippen molar-refractivity contribution in [3.8, 4) is 35.5 Å². The zero-order valence-corrected chi connectivity index (χ0v) is 56.4. The first-order valence-electron chi connectivity index (χ1n) is 21.7. The van der Waals surface area contributed by atoms with Crippen LogP contribution >= 0.6 is 69.6 Å². The van der Waals surface area contributed by atoms with E-state index in [1.54, 1.807) is 11.8 Å². The quantitative estimate of drug-likeness (QED) is 0.120. The van der Waals surface area contributed by atoms with Crippen LogP contribution in [0.5, 0.6) is 0 Å². The second-order valence-corrected chi connectivity index (χ2v) is 17.2. The number of hydrogen-bond acceptors (Lipinski definition) is 0. The van der Waals surface area contributed by atoms with Crippen molar-refractivity contribution in [3.63, 3.8) is 0 Å². The topological polar surface area (TPSA) is 0 Å². The summed E-state index contributed by atoms with van der Waals surface area (Å²) in [5, 5.41) is -0.130. The van der Waals surface area contributed by atoms with Crippen molar-refractivity contribution in [1.29, 1.82) is 0 Å². The molecule has 0 aliphatic heterocycles. The summed E-state index contributed by atoms with van der Waals surface area (Å²) in [6, 6.07) is 0. The van der Waals surface area contributed by atoms with Crippen molar-refractivity contribution in [2.45, 2.75) is 213 Å². The fourth-order valence-corrected chi connectivity index (χ4v) is 7.07. The molecule has 6 aliphatic rings. The molecule has 0 bridgehead atoms.